The Morgan fingerprint density at radius 1 is 1.09 bits per heavy atom. The average Bonchev–Trinajstić information content (AvgIpc) is 3.18. The number of carbonyl (C=O) groups is 1. The number of thiazole rings is 1. The topological polar surface area (TPSA) is 73.1 Å². The molecule has 0 N–H and O–H groups in total. The van der Waals surface area contributed by atoms with Crippen LogP contribution in [0.5, 0.6) is 5.75 Å². The number of anilines is 1. The Hall–Kier alpha value is -3.65. The first-order valence-electron chi connectivity index (χ1n) is 11.5. The minimum Gasteiger partial charge on any atom is -0.497 e. The zero-order chi connectivity index (χ0) is 25.1. The number of hydrogen-bond donors (Lipinski definition) is 0. The van der Waals surface area contributed by atoms with E-state index in [-0.39, 0.29) is 5.56 Å². The summed E-state index contributed by atoms with van der Waals surface area (Å²) >= 11 is 1.31. The second-order valence-corrected chi connectivity index (χ2v) is 9.12. The van der Waals surface area contributed by atoms with Crippen LogP contribution >= 0.6 is 11.3 Å². The van der Waals surface area contributed by atoms with Crippen molar-refractivity contribution in [3.8, 4) is 5.75 Å². The SMILES string of the molecule is CCN(CC)c1ccc(/C=c2/sc3n(c2=O)C(c2ccc(OC)cc2)C(C(=O)OC)=C(C)N=3)cc1. The maximum Gasteiger partial charge on any atom is 0.338 e. The number of allylic oxidation sites excluding steroid dienone is 1. The summed E-state index contributed by atoms with van der Waals surface area (Å²) in [4.78, 5) is 33.8. The summed E-state index contributed by atoms with van der Waals surface area (Å²) in [6.07, 6.45) is 1.87. The second-order valence-electron chi connectivity index (χ2n) is 8.11. The largest absolute Gasteiger partial charge is 0.497 e. The van der Waals surface area contributed by atoms with Gasteiger partial charge in [-0.15, -0.1) is 0 Å². The maximum absolute atomic E-state index is 13.6. The zero-order valence-electron chi connectivity index (χ0n) is 20.6. The molecule has 3 aromatic rings. The predicted molar refractivity (Wildman–Crippen MR) is 139 cm³/mol. The molecule has 0 spiro atoms. The summed E-state index contributed by atoms with van der Waals surface area (Å²) < 4.78 is 12.5. The number of ether oxygens (including phenoxy) is 2. The first-order valence-corrected chi connectivity index (χ1v) is 12.3. The van der Waals surface area contributed by atoms with Crippen molar-refractivity contribution in [2.75, 3.05) is 32.2 Å². The maximum atomic E-state index is 13.6. The van der Waals surface area contributed by atoms with E-state index in [1.165, 1.54) is 18.4 Å². The summed E-state index contributed by atoms with van der Waals surface area (Å²) in [5, 5.41) is 0. The van der Waals surface area contributed by atoms with Crippen LogP contribution in [0.15, 0.2) is 69.6 Å². The molecule has 0 aliphatic carbocycles. The first kappa shape index (κ1) is 24.5. The first-order chi connectivity index (χ1) is 16.9. The quantitative estimate of drug-likeness (QED) is 0.475. The van der Waals surface area contributed by atoms with Crippen molar-refractivity contribution in [2.24, 2.45) is 4.99 Å². The fraction of sp³-hybridized carbons (Fsp3) is 0.296. The van der Waals surface area contributed by atoms with Crippen LogP contribution < -0.4 is 24.5 Å². The molecule has 0 amide bonds. The van der Waals surface area contributed by atoms with Crippen LogP contribution in [0.1, 0.15) is 37.9 Å². The van der Waals surface area contributed by atoms with Gasteiger partial charge < -0.3 is 14.4 Å². The Bertz CT molecular complexity index is 1430. The van der Waals surface area contributed by atoms with Gasteiger partial charge in [0.2, 0.25) is 0 Å². The number of carbonyl (C=O) groups excluding carboxylic acids is 1. The molecule has 1 aliphatic rings. The third-order valence-electron chi connectivity index (χ3n) is 6.18. The Morgan fingerprint density at radius 2 is 1.74 bits per heavy atom. The van der Waals surface area contributed by atoms with Gasteiger partial charge in [0.25, 0.3) is 5.56 Å². The van der Waals surface area contributed by atoms with Crippen molar-refractivity contribution in [2.45, 2.75) is 26.8 Å². The lowest BCUT2D eigenvalue weighted by molar-refractivity contribution is -0.136. The van der Waals surface area contributed by atoms with Crippen LogP contribution in [0, 0.1) is 0 Å². The summed E-state index contributed by atoms with van der Waals surface area (Å²) in [6.45, 7) is 7.89. The minimum absolute atomic E-state index is 0.198. The molecule has 4 rings (SSSR count). The number of benzene rings is 2. The summed E-state index contributed by atoms with van der Waals surface area (Å²) in [5.74, 6) is 0.183. The van der Waals surface area contributed by atoms with E-state index in [9.17, 15) is 9.59 Å². The number of methoxy groups -OCH3 is 2. The van der Waals surface area contributed by atoms with Gasteiger partial charge in [-0.2, -0.15) is 0 Å². The van der Waals surface area contributed by atoms with Crippen molar-refractivity contribution in [3.63, 3.8) is 0 Å². The highest BCUT2D eigenvalue weighted by Gasteiger charge is 2.33. The average molecular weight is 492 g/mol. The molecule has 1 atom stereocenters. The van der Waals surface area contributed by atoms with Crippen LogP contribution in [0.25, 0.3) is 6.08 Å². The molecule has 0 bridgehead atoms. The van der Waals surface area contributed by atoms with E-state index in [0.717, 1.165) is 29.9 Å². The molecule has 2 aromatic carbocycles. The Balaban J connectivity index is 1.85. The molecule has 1 aliphatic heterocycles. The number of hydrogen-bond acceptors (Lipinski definition) is 7. The van der Waals surface area contributed by atoms with E-state index < -0.39 is 12.0 Å². The van der Waals surface area contributed by atoms with E-state index >= 15 is 0 Å². The zero-order valence-corrected chi connectivity index (χ0v) is 21.4. The van der Waals surface area contributed by atoms with Crippen molar-refractivity contribution in [3.05, 3.63) is 90.6 Å². The molecule has 7 nitrogen and oxygen atoms in total. The van der Waals surface area contributed by atoms with E-state index in [4.69, 9.17) is 9.47 Å². The molecule has 0 saturated heterocycles. The number of esters is 1. The standard InChI is InChI=1S/C27H29N3O4S/c1-6-29(7-2)20-12-8-18(9-13-20)16-22-25(31)30-24(19-10-14-21(33-4)15-11-19)23(26(32)34-5)17(3)28-27(30)35-22/h8-16,24H,6-7H2,1-5H3/b22-16+. The molecule has 1 aromatic heterocycles. The normalized spacial score (nSPS) is 15.5. The van der Waals surface area contributed by atoms with Crippen LogP contribution in [-0.2, 0) is 9.53 Å². The van der Waals surface area contributed by atoms with Crippen molar-refractivity contribution in [1.29, 1.82) is 0 Å². The molecule has 1 unspecified atom stereocenters. The molecule has 0 radical (unpaired) electrons. The molecular weight excluding hydrogens is 462 g/mol. The smallest absolute Gasteiger partial charge is 0.338 e. The van der Waals surface area contributed by atoms with Crippen LogP contribution in [0.2, 0.25) is 0 Å². The Kier molecular flexibility index (Phi) is 7.21. The lowest BCUT2D eigenvalue weighted by atomic mass is 9.96. The fourth-order valence-electron chi connectivity index (χ4n) is 4.32. The Labute approximate surface area is 208 Å². The second kappa shape index (κ2) is 10.3. The third-order valence-corrected chi connectivity index (χ3v) is 7.16. The number of fused-ring (bicyclic) bond motifs is 1. The highest BCUT2D eigenvalue weighted by atomic mass is 32.1. The van der Waals surface area contributed by atoms with E-state index in [0.29, 0.717) is 26.4 Å². The predicted octanol–water partition coefficient (Wildman–Crippen LogP) is 3.26. The number of nitrogens with zero attached hydrogens (tertiary/aromatic N) is 3. The van der Waals surface area contributed by atoms with Crippen LogP contribution in [0.4, 0.5) is 5.69 Å². The van der Waals surface area contributed by atoms with E-state index in [1.807, 2.05) is 42.5 Å². The van der Waals surface area contributed by atoms with Gasteiger partial charge in [-0.3, -0.25) is 9.36 Å². The lowest BCUT2D eigenvalue weighted by Gasteiger charge is -2.24. The van der Waals surface area contributed by atoms with Gasteiger partial charge in [0.05, 0.1) is 36.1 Å². The molecule has 0 saturated carbocycles. The van der Waals surface area contributed by atoms with Crippen molar-refractivity contribution < 1.29 is 14.3 Å². The molecule has 35 heavy (non-hydrogen) atoms. The van der Waals surface area contributed by atoms with E-state index in [2.05, 4.69) is 35.9 Å². The molecule has 8 heteroatoms. The van der Waals surface area contributed by atoms with Gasteiger partial charge in [-0.1, -0.05) is 35.6 Å². The Morgan fingerprint density at radius 3 is 2.31 bits per heavy atom. The summed E-state index contributed by atoms with van der Waals surface area (Å²) in [7, 11) is 2.93. The molecule has 2 heterocycles. The number of rotatable bonds is 7. The lowest BCUT2D eigenvalue weighted by Crippen LogP contribution is -2.39. The molecule has 182 valence electrons. The molecular formula is C27H29N3O4S. The van der Waals surface area contributed by atoms with Gasteiger partial charge in [-0.05, 0) is 62.2 Å². The van der Waals surface area contributed by atoms with Gasteiger partial charge in [0, 0.05) is 18.8 Å². The van der Waals surface area contributed by atoms with Gasteiger partial charge in [0.15, 0.2) is 4.80 Å². The minimum atomic E-state index is -0.642. The monoisotopic (exact) mass is 491 g/mol. The van der Waals surface area contributed by atoms with Crippen LogP contribution in [0.3, 0.4) is 0 Å². The number of aromatic nitrogens is 1. The van der Waals surface area contributed by atoms with Gasteiger partial charge in [-0.25, -0.2) is 9.79 Å². The fourth-order valence-corrected chi connectivity index (χ4v) is 5.36. The highest BCUT2D eigenvalue weighted by molar-refractivity contribution is 7.07. The van der Waals surface area contributed by atoms with Crippen LogP contribution in [-0.4, -0.2) is 37.8 Å². The van der Waals surface area contributed by atoms with Crippen molar-refractivity contribution >= 4 is 29.1 Å². The van der Waals surface area contributed by atoms with Crippen molar-refractivity contribution in [1.82, 2.24) is 4.57 Å². The van der Waals surface area contributed by atoms with Gasteiger partial charge in [0.1, 0.15) is 5.75 Å². The van der Waals surface area contributed by atoms with Gasteiger partial charge >= 0.3 is 5.97 Å². The van der Waals surface area contributed by atoms with E-state index in [1.54, 1.807) is 18.6 Å². The third kappa shape index (κ3) is 4.66. The summed E-state index contributed by atoms with van der Waals surface area (Å²) in [5.41, 5.74) is 3.53. The summed E-state index contributed by atoms with van der Waals surface area (Å²) in [6, 6.07) is 14.8. The molecule has 0 fully saturated rings. The highest BCUT2D eigenvalue weighted by Crippen LogP contribution is 2.31.